The fourth-order valence-corrected chi connectivity index (χ4v) is 3.42. The van der Waals surface area contributed by atoms with Gasteiger partial charge in [0, 0.05) is 31.0 Å². The number of carbonyl (C=O) groups excluding carboxylic acids is 2. The number of amides is 2. The van der Waals surface area contributed by atoms with Gasteiger partial charge in [-0.05, 0) is 75.1 Å². The number of anilines is 2. The van der Waals surface area contributed by atoms with E-state index in [1.807, 2.05) is 24.3 Å². The van der Waals surface area contributed by atoms with Crippen molar-refractivity contribution in [2.45, 2.75) is 33.1 Å². The van der Waals surface area contributed by atoms with Crippen LogP contribution in [0, 0.1) is 11.2 Å². The summed E-state index contributed by atoms with van der Waals surface area (Å²) in [6, 6.07) is 13.9. The summed E-state index contributed by atoms with van der Waals surface area (Å²) in [6.45, 7) is 6.46. The van der Waals surface area contributed by atoms with Gasteiger partial charge in [0.2, 0.25) is 11.8 Å². The van der Waals surface area contributed by atoms with Crippen molar-refractivity contribution in [1.29, 1.82) is 0 Å². The number of carbonyl (C=O) groups is 2. The third-order valence-electron chi connectivity index (χ3n) is 5.49. The van der Waals surface area contributed by atoms with Crippen molar-refractivity contribution in [3.8, 4) is 0 Å². The molecule has 2 aromatic rings. The number of rotatable bonds is 9. The highest BCUT2D eigenvalue weighted by Crippen LogP contribution is 2.46. The molecule has 0 saturated heterocycles. The highest BCUT2D eigenvalue weighted by molar-refractivity contribution is 6.13. The molecule has 154 valence electrons. The molecule has 1 aliphatic carbocycles. The smallest absolute Gasteiger partial charge is 0.240 e. The standard InChI is InChI=1S/C23H28FN3O2/c1-3-27(4-2)20-11-9-19(10-12-20)26-22(29)23(14-15-23)21(28)25-16-13-17-5-7-18(24)8-6-17/h5-12H,3-4,13-16H2,1-2H3,(H,25,28)(H,26,29). The third kappa shape index (κ3) is 4.94. The predicted octanol–water partition coefficient (Wildman–Crippen LogP) is 3.75. The van der Waals surface area contributed by atoms with Crippen molar-refractivity contribution in [3.63, 3.8) is 0 Å². The van der Waals surface area contributed by atoms with Gasteiger partial charge in [-0.2, -0.15) is 0 Å². The topological polar surface area (TPSA) is 61.4 Å². The van der Waals surface area contributed by atoms with Crippen LogP contribution >= 0.6 is 0 Å². The Kier molecular flexibility index (Phi) is 6.52. The Hall–Kier alpha value is -2.89. The summed E-state index contributed by atoms with van der Waals surface area (Å²) in [5, 5.41) is 5.74. The molecule has 2 N–H and O–H groups in total. The SMILES string of the molecule is CCN(CC)c1ccc(NC(=O)C2(C(=O)NCCc3ccc(F)cc3)CC2)cc1. The number of nitrogens with zero attached hydrogens (tertiary/aromatic N) is 1. The van der Waals surface area contributed by atoms with Crippen molar-refractivity contribution in [1.82, 2.24) is 5.32 Å². The first-order valence-electron chi connectivity index (χ1n) is 10.2. The van der Waals surface area contributed by atoms with Crippen LogP contribution < -0.4 is 15.5 Å². The first kappa shape index (κ1) is 20.8. The Morgan fingerprint density at radius 1 is 0.966 bits per heavy atom. The summed E-state index contributed by atoms with van der Waals surface area (Å²) >= 11 is 0. The summed E-state index contributed by atoms with van der Waals surface area (Å²) < 4.78 is 13.0. The van der Waals surface area contributed by atoms with Crippen molar-refractivity contribution in [3.05, 3.63) is 59.9 Å². The average molecular weight is 397 g/mol. The molecule has 0 atom stereocenters. The Morgan fingerprint density at radius 3 is 2.14 bits per heavy atom. The lowest BCUT2D eigenvalue weighted by atomic mass is 10.0. The molecule has 1 saturated carbocycles. The first-order chi connectivity index (χ1) is 14.0. The number of halogens is 1. The van der Waals surface area contributed by atoms with Crippen LogP contribution in [0.3, 0.4) is 0 Å². The Labute approximate surface area is 171 Å². The second kappa shape index (κ2) is 9.07. The second-order valence-corrected chi connectivity index (χ2v) is 7.39. The molecule has 0 aromatic heterocycles. The van der Waals surface area contributed by atoms with Crippen LogP contribution in [0.5, 0.6) is 0 Å². The van der Waals surface area contributed by atoms with Crippen molar-refractivity contribution < 1.29 is 14.0 Å². The fourth-order valence-electron chi connectivity index (χ4n) is 3.42. The maximum atomic E-state index is 13.0. The molecule has 1 fully saturated rings. The van der Waals surface area contributed by atoms with Crippen LogP contribution in [-0.4, -0.2) is 31.4 Å². The van der Waals surface area contributed by atoms with Crippen LogP contribution in [0.25, 0.3) is 0 Å². The molecule has 5 nitrogen and oxygen atoms in total. The first-order valence-corrected chi connectivity index (χ1v) is 10.2. The average Bonchev–Trinajstić information content (AvgIpc) is 3.54. The minimum Gasteiger partial charge on any atom is -0.372 e. The normalized spacial score (nSPS) is 14.2. The van der Waals surface area contributed by atoms with Crippen LogP contribution in [-0.2, 0) is 16.0 Å². The van der Waals surface area contributed by atoms with Gasteiger partial charge in [-0.15, -0.1) is 0 Å². The minimum atomic E-state index is -0.972. The molecule has 6 heteroatoms. The van der Waals surface area contributed by atoms with Crippen LogP contribution in [0.4, 0.5) is 15.8 Å². The fraction of sp³-hybridized carbons (Fsp3) is 0.391. The monoisotopic (exact) mass is 397 g/mol. The molecule has 0 unspecified atom stereocenters. The van der Waals surface area contributed by atoms with E-state index in [2.05, 4.69) is 29.4 Å². The second-order valence-electron chi connectivity index (χ2n) is 7.39. The van der Waals surface area contributed by atoms with Crippen molar-refractivity contribution in [2.24, 2.45) is 5.41 Å². The summed E-state index contributed by atoms with van der Waals surface area (Å²) in [4.78, 5) is 27.5. The van der Waals surface area contributed by atoms with Gasteiger partial charge in [-0.3, -0.25) is 9.59 Å². The van der Waals surface area contributed by atoms with Gasteiger partial charge in [-0.1, -0.05) is 12.1 Å². The van der Waals surface area contributed by atoms with Crippen molar-refractivity contribution >= 4 is 23.2 Å². The van der Waals surface area contributed by atoms with E-state index >= 15 is 0 Å². The lowest BCUT2D eigenvalue weighted by molar-refractivity contribution is -0.134. The molecule has 3 rings (SSSR count). The van der Waals surface area contributed by atoms with Crippen LogP contribution in [0.1, 0.15) is 32.3 Å². The maximum absolute atomic E-state index is 13.0. The van der Waals surface area contributed by atoms with Gasteiger partial charge >= 0.3 is 0 Å². The van der Waals surface area contributed by atoms with E-state index in [-0.39, 0.29) is 17.6 Å². The van der Waals surface area contributed by atoms with Crippen molar-refractivity contribution in [2.75, 3.05) is 29.9 Å². The summed E-state index contributed by atoms with van der Waals surface area (Å²) in [5.74, 6) is -0.777. The zero-order chi connectivity index (χ0) is 20.9. The lowest BCUT2D eigenvalue weighted by Gasteiger charge is -2.21. The zero-order valence-corrected chi connectivity index (χ0v) is 17.0. The number of nitrogens with one attached hydrogen (secondary N) is 2. The molecule has 29 heavy (non-hydrogen) atoms. The third-order valence-corrected chi connectivity index (χ3v) is 5.49. The Bertz CT molecular complexity index is 841. The maximum Gasteiger partial charge on any atom is 0.240 e. The molecule has 2 aromatic carbocycles. The van der Waals surface area contributed by atoms with E-state index in [4.69, 9.17) is 0 Å². The van der Waals surface area contributed by atoms with E-state index in [1.54, 1.807) is 12.1 Å². The van der Waals surface area contributed by atoms with E-state index < -0.39 is 5.41 Å². The largest absolute Gasteiger partial charge is 0.372 e. The van der Waals surface area contributed by atoms with E-state index in [0.29, 0.717) is 31.5 Å². The highest BCUT2D eigenvalue weighted by atomic mass is 19.1. The molecule has 0 heterocycles. The molecule has 2 amide bonds. The summed E-state index contributed by atoms with van der Waals surface area (Å²) in [5.41, 5.74) is 1.76. The number of hydrogen-bond acceptors (Lipinski definition) is 3. The molecule has 0 radical (unpaired) electrons. The summed E-state index contributed by atoms with van der Waals surface area (Å²) in [6.07, 6.45) is 1.70. The summed E-state index contributed by atoms with van der Waals surface area (Å²) in [7, 11) is 0. The number of hydrogen-bond donors (Lipinski definition) is 2. The van der Waals surface area contributed by atoms with E-state index in [9.17, 15) is 14.0 Å². The molecule has 0 aliphatic heterocycles. The van der Waals surface area contributed by atoms with Gasteiger partial charge in [0.15, 0.2) is 0 Å². The molecule has 1 aliphatic rings. The van der Waals surface area contributed by atoms with Gasteiger partial charge in [0.05, 0.1) is 0 Å². The van der Waals surface area contributed by atoms with Crippen LogP contribution in [0.15, 0.2) is 48.5 Å². The lowest BCUT2D eigenvalue weighted by Crippen LogP contribution is -2.40. The quantitative estimate of drug-likeness (QED) is 0.634. The molecular weight excluding hydrogens is 369 g/mol. The Balaban J connectivity index is 1.53. The molecular formula is C23H28FN3O2. The Morgan fingerprint density at radius 2 is 1.59 bits per heavy atom. The molecule has 0 bridgehead atoms. The van der Waals surface area contributed by atoms with Gasteiger partial charge in [-0.25, -0.2) is 4.39 Å². The van der Waals surface area contributed by atoms with E-state index in [0.717, 1.165) is 24.3 Å². The van der Waals surface area contributed by atoms with Gasteiger partial charge in [0.1, 0.15) is 11.2 Å². The number of benzene rings is 2. The zero-order valence-electron chi connectivity index (χ0n) is 17.0. The predicted molar refractivity (Wildman–Crippen MR) is 113 cm³/mol. The van der Waals surface area contributed by atoms with Crippen LogP contribution in [0.2, 0.25) is 0 Å². The van der Waals surface area contributed by atoms with Gasteiger partial charge < -0.3 is 15.5 Å². The van der Waals surface area contributed by atoms with Gasteiger partial charge in [0.25, 0.3) is 0 Å². The minimum absolute atomic E-state index is 0.239. The molecule has 0 spiro atoms. The highest BCUT2D eigenvalue weighted by Gasteiger charge is 2.56. The van der Waals surface area contributed by atoms with E-state index in [1.165, 1.54) is 12.1 Å².